The van der Waals surface area contributed by atoms with E-state index in [1.807, 2.05) is 43.3 Å². The van der Waals surface area contributed by atoms with Gasteiger partial charge in [0.2, 0.25) is 17.5 Å². The second-order valence-electron chi connectivity index (χ2n) is 6.63. The third kappa shape index (κ3) is 4.77. The van der Waals surface area contributed by atoms with Crippen molar-refractivity contribution in [1.82, 2.24) is 4.57 Å². The van der Waals surface area contributed by atoms with Crippen LogP contribution >= 0.6 is 23.6 Å². The van der Waals surface area contributed by atoms with Crippen LogP contribution < -0.4 is 4.74 Å². The lowest BCUT2D eigenvalue weighted by Gasteiger charge is -2.04. The molecule has 0 spiro atoms. The van der Waals surface area contributed by atoms with Crippen LogP contribution in [0.4, 0.5) is 5.69 Å². The van der Waals surface area contributed by atoms with Crippen LogP contribution in [0.1, 0.15) is 17.4 Å². The molecule has 0 bridgehead atoms. The predicted octanol–water partition coefficient (Wildman–Crippen LogP) is 5.46. The highest BCUT2D eigenvalue weighted by Gasteiger charge is 2.23. The number of nitrogens with zero attached hydrogens (tertiary/aromatic N) is 4. The zero-order chi connectivity index (χ0) is 22.5. The fourth-order valence-corrected chi connectivity index (χ4v) is 4.20. The zero-order valence-corrected chi connectivity index (χ0v) is 18.7. The number of benzene rings is 2. The van der Waals surface area contributed by atoms with E-state index in [2.05, 4.69) is 9.98 Å². The Kier molecular flexibility index (Phi) is 6.44. The minimum absolute atomic E-state index is 0.0190. The molecule has 1 aliphatic rings. The maximum Gasteiger partial charge on any atom is 0.258 e. The molecule has 0 radical (unpaired) electrons. The largest absolute Gasteiger partial charge is 0.494 e. The maximum atomic E-state index is 10.7. The summed E-state index contributed by atoms with van der Waals surface area (Å²) in [6, 6.07) is 18.8. The normalized spacial score (nSPS) is 15.4. The topological polar surface area (TPSA) is 92.1 Å². The van der Waals surface area contributed by atoms with Gasteiger partial charge in [0, 0.05) is 6.08 Å². The van der Waals surface area contributed by atoms with Crippen molar-refractivity contribution in [2.45, 2.75) is 13.5 Å². The molecule has 0 atom stereocenters. The molecular formula is C23H18N4O3S2. The third-order valence-corrected chi connectivity index (χ3v) is 5.83. The van der Waals surface area contributed by atoms with E-state index in [9.17, 15) is 10.4 Å². The second kappa shape index (κ2) is 9.60. The molecular weight excluding hydrogens is 444 g/mol. The Balaban J connectivity index is 1.58. The van der Waals surface area contributed by atoms with E-state index in [1.165, 1.54) is 11.3 Å². The summed E-state index contributed by atoms with van der Waals surface area (Å²) in [5, 5.41) is 20.1. The van der Waals surface area contributed by atoms with Crippen molar-refractivity contribution in [2.24, 2.45) is 9.98 Å². The molecule has 1 aliphatic heterocycles. The van der Waals surface area contributed by atoms with E-state index in [-0.39, 0.29) is 23.4 Å². The third-order valence-electron chi connectivity index (χ3n) is 4.44. The molecule has 0 saturated heterocycles. The van der Waals surface area contributed by atoms with Crippen molar-refractivity contribution in [3.05, 3.63) is 74.9 Å². The Hall–Kier alpha value is -3.74. The van der Waals surface area contributed by atoms with Crippen LogP contribution in [0.25, 0.3) is 6.08 Å². The average Bonchev–Trinajstić information content (AvgIpc) is 3.31. The molecule has 0 saturated carbocycles. The number of aromatic nitrogens is 1. The van der Waals surface area contributed by atoms with E-state index >= 15 is 0 Å². The minimum Gasteiger partial charge on any atom is -0.494 e. The van der Waals surface area contributed by atoms with Crippen molar-refractivity contribution in [1.29, 1.82) is 5.26 Å². The van der Waals surface area contributed by atoms with Crippen LogP contribution in [0, 0.1) is 15.3 Å². The average molecular weight is 463 g/mol. The molecule has 160 valence electrons. The highest BCUT2D eigenvalue weighted by Crippen LogP contribution is 2.31. The lowest BCUT2D eigenvalue weighted by Crippen LogP contribution is -2.07. The van der Waals surface area contributed by atoms with Crippen molar-refractivity contribution in [3.8, 4) is 17.7 Å². The van der Waals surface area contributed by atoms with Gasteiger partial charge in [0.1, 0.15) is 11.8 Å². The highest BCUT2D eigenvalue weighted by molar-refractivity contribution is 7.73. The van der Waals surface area contributed by atoms with E-state index in [1.54, 1.807) is 34.9 Å². The maximum absolute atomic E-state index is 10.7. The standard InChI is InChI=1S/C23H18N4O3S2/c1-2-29-17-10-8-16(9-11-17)25-21-18(13-24)26-20(30-21)12-19-22(28)27(23(31)32-19)14-15-6-4-3-5-7-15/h3-12,28H,2,14H2,1H3/b20-12-,25-21?. The van der Waals surface area contributed by atoms with E-state index in [0.29, 0.717) is 27.7 Å². The highest BCUT2D eigenvalue weighted by atomic mass is 32.1. The van der Waals surface area contributed by atoms with E-state index < -0.39 is 0 Å². The summed E-state index contributed by atoms with van der Waals surface area (Å²) in [5.74, 6) is 1.00. The summed E-state index contributed by atoms with van der Waals surface area (Å²) < 4.78 is 13.3. The molecule has 0 aliphatic carbocycles. The van der Waals surface area contributed by atoms with Gasteiger partial charge in [0.25, 0.3) is 5.90 Å². The van der Waals surface area contributed by atoms with Gasteiger partial charge in [-0.3, -0.25) is 4.57 Å². The SMILES string of the molecule is CCOc1ccc(N=C2O/C(=C\c3sc(=S)n(Cc4ccccc4)c3O)N=C2C#N)cc1. The summed E-state index contributed by atoms with van der Waals surface area (Å²) >= 11 is 6.65. The summed E-state index contributed by atoms with van der Waals surface area (Å²) in [6.07, 6.45) is 1.55. The van der Waals surface area contributed by atoms with Crippen molar-refractivity contribution < 1.29 is 14.6 Å². The molecule has 1 N–H and O–H groups in total. The smallest absolute Gasteiger partial charge is 0.258 e. The van der Waals surface area contributed by atoms with Gasteiger partial charge >= 0.3 is 0 Å². The second-order valence-corrected chi connectivity index (χ2v) is 8.30. The van der Waals surface area contributed by atoms with Gasteiger partial charge in [0.05, 0.1) is 23.7 Å². The Morgan fingerprint density at radius 3 is 2.69 bits per heavy atom. The van der Waals surface area contributed by atoms with Crippen molar-refractivity contribution >= 4 is 46.9 Å². The van der Waals surface area contributed by atoms with Crippen LogP contribution in [-0.4, -0.2) is 27.9 Å². The van der Waals surface area contributed by atoms with Gasteiger partial charge in [0.15, 0.2) is 3.95 Å². The van der Waals surface area contributed by atoms with Gasteiger partial charge < -0.3 is 14.6 Å². The number of hydrogen-bond acceptors (Lipinski definition) is 8. The van der Waals surface area contributed by atoms with E-state index in [4.69, 9.17) is 21.7 Å². The number of aliphatic imine (C=N–C) groups is 2. The molecule has 9 heteroatoms. The van der Waals surface area contributed by atoms with Gasteiger partial charge in [-0.05, 0) is 49.0 Å². The van der Waals surface area contributed by atoms with Crippen LogP contribution in [0.3, 0.4) is 0 Å². The molecule has 2 aromatic carbocycles. The van der Waals surface area contributed by atoms with E-state index in [0.717, 1.165) is 11.3 Å². The number of hydrogen-bond donors (Lipinski definition) is 1. The molecule has 0 fully saturated rings. The molecule has 0 amide bonds. The summed E-state index contributed by atoms with van der Waals surface area (Å²) in [6.45, 7) is 2.93. The predicted molar refractivity (Wildman–Crippen MR) is 127 cm³/mol. The molecule has 1 aromatic heterocycles. The Labute approximate surface area is 193 Å². The minimum atomic E-state index is 0.0190. The molecule has 32 heavy (non-hydrogen) atoms. The monoisotopic (exact) mass is 462 g/mol. The lowest BCUT2D eigenvalue weighted by atomic mass is 10.2. The van der Waals surface area contributed by atoms with Crippen molar-refractivity contribution in [2.75, 3.05) is 6.61 Å². The van der Waals surface area contributed by atoms with Gasteiger partial charge in [-0.2, -0.15) is 10.3 Å². The molecule has 7 nitrogen and oxygen atoms in total. The van der Waals surface area contributed by atoms with Crippen molar-refractivity contribution in [3.63, 3.8) is 0 Å². The first-order chi connectivity index (χ1) is 15.6. The zero-order valence-electron chi connectivity index (χ0n) is 17.1. The molecule has 3 aromatic rings. The summed E-state index contributed by atoms with van der Waals surface area (Å²) in [7, 11) is 0. The first kappa shape index (κ1) is 21.5. The molecule has 4 rings (SSSR count). The lowest BCUT2D eigenvalue weighted by molar-refractivity contribution is 0.340. The number of ether oxygens (including phenoxy) is 2. The fraction of sp³-hybridized carbons (Fsp3) is 0.130. The Bertz CT molecular complexity index is 1310. The number of thiazole rings is 1. The number of nitriles is 1. The Morgan fingerprint density at radius 2 is 2.00 bits per heavy atom. The first-order valence-electron chi connectivity index (χ1n) is 9.74. The summed E-state index contributed by atoms with van der Waals surface area (Å²) in [4.78, 5) is 9.04. The van der Waals surface area contributed by atoms with Gasteiger partial charge in [-0.1, -0.05) is 30.3 Å². The van der Waals surface area contributed by atoms with Crippen LogP contribution in [0.2, 0.25) is 0 Å². The first-order valence-corrected chi connectivity index (χ1v) is 11.0. The quantitative estimate of drug-likeness (QED) is 0.492. The summed E-state index contributed by atoms with van der Waals surface area (Å²) in [5.41, 5.74) is 1.67. The van der Waals surface area contributed by atoms with Crippen LogP contribution in [0.15, 0.2) is 70.5 Å². The molecule has 2 heterocycles. The number of rotatable bonds is 6. The number of aromatic hydroxyl groups is 1. The molecule has 0 unspecified atom stereocenters. The Morgan fingerprint density at radius 1 is 1.25 bits per heavy atom. The van der Waals surface area contributed by atoms with Gasteiger partial charge in [-0.25, -0.2) is 4.99 Å². The fourth-order valence-electron chi connectivity index (χ4n) is 2.97. The van der Waals surface area contributed by atoms with Crippen LogP contribution in [-0.2, 0) is 11.3 Å². The van der Waals surface area contributed by atoms with Crippen LogP contribution in [0.5, 0.6) is 11.6 Å². The van der Waals surface area contributed by atoms with Gasteiger partial charge in [-0.15, -0.1) is 11.3 Å².